The van der Waals surface area contributed by atoms with Gasteiger partial charge < -0.3 is 0 Å². The third-order valence-electron chi connectivity index (χ3n) is 5.92. The first-order chi connectivity index (χ1) is 11.9. The Hall–Kier alpha value is -2.18. The van der Waals surface area contributed by atoms with Crippen molar-refractivity contribution in [2.45, 2.75) is 43.8 Å². The zero-order valence-electron chi connectivity index (χ0n) is 13.3. The van der Waals surface area contributed by atoms with Crippen LogP contribution in [0.5, 0.6) is 0 Å². The van der Waals surface area contributed by atoms with Crippen LogP contribution < -0.4 is 0 Å². The first kappa shape index (κ1) is 15.1. The molecule has 1 aromatic carbocycles. The van der Waals surface area contributed by atoms with Gasteiger partial charge in [0.05, 0.1) is 6.04 Å². The summed E-state index contributed by atoms with van der Waals surface area (Å²) in [7, 11) is 0. The lowest BCUT2D eigenvalue weighted by atomic mass is 9.69. The quantitative estimate of drug-likeness (QED) is 0.791. The van der Waals surface area contributed by atoms with Crippen LogP contribution in [0.2, 0.25) is 0 Å². The number of benzene rings is 1. The first-order valence-electron chi connectivity index (χ1n) is 8.48. The number of hydrogen-bond acceptors (Lipinski definition) is 3. The van der Waals surface area contributed by atoms with Crippen molar-refractivity contribution >= 4 is 5.78 Å². The van der Waals surface area contributed by atoms with Crippen LogP contribution in [0.25, 0.3) is 0 Å². The van der Waals surface area contributed by atoms with Gasteiger partial charge in [0.1, 0.15) is 0 Å². The predicted octanol–water partition coefficient (Wildman–Crippen LogP) is 3.90. The highest BCUT2D eigenvalue weighted by molar-refractivity contribution is 5.95. The SMILES string of the molecule is O=C(c1nc2n(n1)C(c1ccccc1)CC2F)C1CC2(C1)CC2(F)F. The van der Waals surface area contributed by atoms with Crippen LogP contribution in [0.15, 0.2) is 30.3 Å². The number of hydrogen-bond donors (Lipinski definition) is 0. The second-order valence-electron chi connectivity index (χ2n) is 7.50. The molecule has 1 aliphatic heterocycles. The highest BCUT2D eigenvalue weighted by Crippen LogP contribution is 2.73. The van der Waals surface area contributed by atoms with Crippen LogP contribution in [-0.4, -0.2) is 26.5 Å². The number of halogens is 3. The van der Waals surface area contributed by atoms with Crippen LogP contribution >= 0.6 is 0 Å². The lowest BCUT2D eigenvalue weighted by Gasteiger charge is -2.33. The van der Waals surface area contributed by atoms with Crippen molar-refractivity contribution in [3.8, 4) is 0 Å². The molecule has 2 heterocycles. The molecule has 2 atom stereocenters. The van der Waals surface area contributed by atoms with Crippen molar-refractivity contribution in [2.75, 3.05) is 0 Å². The molecule has 0 N–H and O–H groups in total. The maximum absolute atomic E-state index is 14.3. The van der Waals surface area contributed by atoms with Gasteiger partial charge in [0.2, 0.25) is 11.6 Å². The smallest absolute Gasteiger partial charge is 0.254 e. The van der Waals surface area contributed by atoms with E-state index in [9.17, 15) is 18.0 Å². The number of ketones is 1. The Labute approximate surface area is 142 Å². The fraction of sp³-hybridized carbons (Fsp3) is 0.500. The fourth-order valence-corrected chi connectivity index (χ4v) is 4.31. The fourth-order valence-electron chi connectivity index (χ4n) is 4.31. The van der Waals surface area contributed by atoms with E-state index in [4.69, 9.17) is 0 Å². The van der Waals surface area contributed by atoms with Gasteiger partial charge >= 0.3 is 0 Å². The van der Waals surface area contributed by atoms with Gasteiger partial charge in [-0.1, -0.05) is 30.3 Å². The molecule has 0 amide bonds. The van der Waals surface area contributed by atoms with Crippen molar-refractivity contribution in [2.24, 2.45) is 11.3 Å². The number of nitrogens with zero attached hydrogens (tertiary/aromatic N) is 3. The van der Waals surface area contributed by atoms with E-state index in [0.29, 0.717) is 0 Å². The summed E-state index contributed by atoms with van der Waals surface area (Å²) in [6.45, 7) is 0. The molecule has 0 radical (unpaired) electrons. The Balaban J connectivity index is 1.39. The van der Waals surface area contributed by atoms with Crippen molar-refractivity contribution in [1.29, 1.82) is 0 Å². The molecule has 0 bridgehead atoms. The van der Waals surface area contributed by atoms with E-state index in [2.05, 4.69) is 10.1 Å². The van der Waals surface area contributed by atoms with Crippen molar-refractivity contribution in [1.82, 2.24) is 14.8 Å². The standard InChI is InChI=1S/C18H16F3N3O/c19-12-6-13(10-4-2-1-3-5-10)24-16(12)22-15(23-24)14(25)11-7-17(8-11)9-18(17,20)21/h1-5,11-13H,6-9H2. The lowest BCUT2D eigenvalue weighted by molar-refractivity contribution is 0.00511. The summed E-state index contributed by atoms with van der Waals surface area (Å²) in [5.74, 6) is -3.32. The number of carbonyl (C=O) groups is 1. The summed E-state index contributed by atoms with van der Waals surface area (Å²) in [6.07, 6.45) is -0.792. The minimum Gasteiger partial charge on any atom is -0.290 e. The molecule has 3 aliphatic rings. The summed E-state index contributed by atoms with van der Waals surface area (Å²) >= 11 is 0. The molecule has 25 heavy (non-hydrogen) atoms. The molecule has 1 aromatic heterocycles. The number of aromatic nitrogens is 3. The first-order valence-corrected chi connectivity index (χ1v) is 8.48. The summed E-state index contributed by atoms with van der Waals surface area (Å²) in [5, 5.41) is 4.23. The highest BCUT2D eigenvalue weighted by atomic mass is 19.3. The van der Waals surface area contributed by atoms with Crippen molar-refractivity contribution in [3.63, 3.8) is 0 Å². The minimum atomic E-state index is -2.63. The van der Waals surface area contributed by atoms with E-state index in [1.807, 2.05) is 30.3 Å². The average molecular weight is 347 g/mol. The Kier molecular flexibility index (Phi) is 2.84. The number of carbonyl (C=O) groups excluding carboxylic acids is 1. The summed E-state index contributed by atoms with van der Waals surface area (Å²) < 4.78 is 42.4. The molecular formula is C18H16F3N3O. The lowest BCUT2D eigenvalue weighted by Crippen LogP contribution is -2.36. The second kappa shape index (κ2) is 4.71. The van der Waals surface area contributed by atoms with Crippen molar-refractivity contribution < 1.29 is 18.0 Å². The summed E-state index contributed by atoms with van der Waals surface area (Å²) in [4.78, 5) is 16.6. The molecule has 0 saturated heterocycles. The van der Waals surface area contributed by atoms with E-state index in [0.717, 1.165) is 5.56 Å². The van der Waals surface area contributed by atoms with Gasteiger partial charge in [0.25, 0.3) is 5.92 Å². The van der Waals surface area contributed by atoms with Crippen molar-refractivity contribution in [3.05, 3.63) is 47.5 Å². The van der Waals surface area contributed by atoms with E-state index in [-0.39, 0.29) is 49.2 Å². The van der Waals surface area contributed by atoms with Gasteiger partial charge in [-0.15, -0.1) is 5.10 Å². The van der Waals surface area contributed by atoms with E-state index >= 15 is 0 Å². The van der Waals surface area contributed by atoms with E-state index in [1.54, 1.807) is 0 Å². The zero-order chi connectivity index (χ0) is 17.4. The Morgan fingerprint density at radius 1 is 1.20 bits per heavy atom. The van der Waals surface area contributed by atoms with Gasteiger partial charge in [-0.3, -0.25) is 4.79 Å². The van der Waals surface area contributed by atoms with Crippen LogP contribution in [0.3, 0.4) is 0 Å². The molecule has 1 spiro atoms. The Morgan fingerprint density at radius 3 is 2.52 bits per heavy atom. The number of Topliss-reactive ketones (excluding diaryl/α,β-unsaturated/α-hetero) is 1. The average Bonchev–Trinajstić information content (AvgIpc) is 2.87. The molecule has 2 aliphatic carbocycles. The predicted molar refractivity (Wildman–Crippen MR) is 82.1 cm³/mol. The molecule has 2 aromatic rings. The summed E-state index contributed by atoms with van der Waals surface area (Å²) in [5.41, 5.74) is -0.0571. The third kappa shape index (κ3) is 2.04. The topological polar surface area (TPSA) is 47.8 Å². The van der Waals surface area contributed by atoms with Gasteiger partial charge in [-0.2, -0.15) is 0 Å². The molecular weight excluding hydrogens is 331 g/mol. The largest absolute Gasteiger partial charge is 0.290 e. The maximum Gasteiger partial charge on any atom is 0.254 e. The van der Waals surface area contributed by atoms with Gasteiger partial charge in [-0.25, -0.2) is 22.8 Å². The maximum atomic E-state index is 14.3. The molecule has 5 rings (SSSR count). The Bertz CT molecular complexity index is 858. The number of fused-ring (bicyclic) bond motifs is 1. The third-order valence-corrected chi connectivity index (χ3v) is 5.92. The molecule has 7 heteroatoms. The highest BCUT2D eigenvalue weighted by Gasteiger charge is 2.76. The molecule has 2 fully saturated rings. The monoisotopic (exact) mass is 347 g/mol. The molecule has 2 unspecified atom stereocenters. The van der Waals surface area contributed by atoms with Crippen LogP contribution in [0.4, 0.5) is 13.2 Å². The second-order valence-corrected chi connectivity index (χ2v) is 7.50. The number of rotatable bonds is 3. The molecule has 130 valence electrons. The molecule has 2 saturated carbocycles. The summed E-state index contributed by atoms with van der Waals surface area (Å²) in [6, 6.07) is 9.10. The van der Waals surface area contributed by atoms with Crippen LogP contribution in [0.1, 0.15) is 59.9 Å². The normalized spacial score (nSPS) is 34.6. The van der Waals surface area contributed by atoms with Crippen LogP contribution in [-0.2, 0) is 0 Å². The van der Waals surface area contributed by atoms with E-state index < -0.39 is 23.4 Å². The Morgan fingerprint density at radius 2 is 1.88 bits per heavy atom. The minimum absolute atomic E-state index is 0.0397. The van der Waals surface area contributed by atoms with E-state index in [1.165, 1.54) is 4.68 Å². The number of alkyl halides is 3. The van der Waals surface area contributed by atoms with Crippen LogP contribution in [0, 0.1) is 11.3 Å². The van der Waals surface area contributed by atoms with Gasteiger partial charge in [0, 0.05) is 24.2 Å². The van der Waals surface area contributed by atoms with Gasteiger partial charge in [0.15, 0.2) is 12.0 Å². The zero-order valence-corrected chi connectivity index (χ0v) is 13.3. The van der Waals surface area contributed by atoms with Gasteiger partial charge in [-0.05, 0) is 18.4 Å². The molecule has 4 nitrogen and oxygen atoms in total.